The average Bonchev–Trinajstić information content (AvgIpc) is 2.75. The SMILES string of the molecule is Cn1ncc(Cl)c1CNC(=O)/C=C/c1ccccc1Cl. The van der Waals surface area contributed by atoms with Crippen molar-refractivity contribution in [3.8, 4) is 0 Å². The molecule has 0 fully saturated rings. The molecule has 0 radical (unpaired) electrons. The normalized spacial score (nSPS) is 10.9. The van der Waals surface area contributed by atoms with Crippen LogP contribution in [0.25, 0.3) is 6.08 Å². The highest BCUT2D eigenvalue weighted by atomic mass is 35.5. The maximum Gasteiger partial charge on any atom is 0.244 e. The van der Waals surface area contributed by atoms with E-state index in [1.807, 2.05) is 18.2 Å². The summed E-state index contributed by atoms with van der Waals surface area (Å²) in [5.74, 6) is -0.220. The van der Waals surface area contributed by atoms with Gasteiger partial charge in [-0.2, -0.15) is 5.10 Å². The van der Waals surface area contributed by atoms with Crippen molar-refractivity contribution in [2.45, 2.75) is 6.54 Å². The molecule has 0 aliphatic carbocycles. The van der Waals surface area contributed by atoms with Crippen molar-refractivity contribution in [3.05, 3.63) is 57.8 Å². The van der Waals surface area contributed by atoms with Gasteiger partial charge < -0.3 is 5.32 Å². The molecule has 2 aromatic rings. The van der Waals surface area contributed by atoms with Crippen LogP contribution < -0.4 is 5.32 Å². The minimum absolute atomic E-state index is 0.220. The van der Waals surface area contributed by atoms with E-state index in [4.69, 9.17) is 23.2 Å². The Morgan fingerprint density at radius 1 is 1.35 bits per heavy atom. The summed E-state index contributed by atoms with van der Waals surface area (Å²) in [6.45, 7) is 0.320. The fourth-order valence-electron chi connectivity index (χ4n) is 1.64. The van der Waals surface area contributed by atoms with Crippen molar-refractivity contribution >= 4 is 35.2 Å². The molecule has 4 nitrogen and oxygen atoms in total. The maximum absolute atomic E-state index is 11.7. The molecule has 0 saturated heterocycles. The molecule has 0 aliphatic rings. The lowest BCUT2D eigenvalue weighted by atomic mass is 10.2. The van der Waals surface area contributed by atoms with Gasteiger partial charge in [0.05, 0.1) is 23.5 Å². The van der Waals surface area contributed by atoms with Crippen LogP contribution in [0.3, 0.4) is 0 Å². The number of benzene rings is 1. The van der Waals surface area contributed by atoms with Crippen molar-refractivity contribution < 1.29 is 4.79 Å². The van der Waals surface area contributed by atoms with Gasteiger partial charge in [-0.25, -0.2) is 0 Å². The van der Waals surface area contributed by atoms with Crippen LogP contribution in [-0.2, 0) is 18.4 Å². The second-order valence-corrected chi connectivity index (χ2v) is 4.95. The third-order valence-electron chi connectivity index (χ3n) is 2.76. The molecule has 0 aliphatic heterocycles. The zero-order chi connectivity index (χ0) is 14.5. The first-order chi connectivity index (χ1) is 9.58. The molecule has 1 N–H and O–H groups in total. The Labute approximate surface area is 127 Å². The lowest BCUT2D eigenvalue weighted by Gasteiger charge is -2.03. The number of amides is 1. The predicted molar refractivity (Wildman–Crippen MR) is 80.6 cm³/mol. The molecule has 0 saturated carbocycles. The molecule has 2 rings (SSSR count). The zero-order valence-electron chi connectivity index (χ0n) is 10.8. The molecule has 0 spiro atoms. The Kier molecular flexibility index (Phi) is 4.82. The summed E-state index contributed by atoms with van der Waals surface area (Å²) in [6.07, 6.45) is 4.65. The summed E-state index contributed by atoms with van der Waals surface area (Å²) in [6, 6.07) is 7.31. The van der Waals surface area contributed by atoms with Crippen molar-refractivity contribution in [2.24, 2.45) is 7.05 Å². The Morgan fingerprint density at radius 3 is 2.75 bits per heavy atom. The van der Waals surface area contributed by atoms with Crippen LogP contribution in [0, 0.1) is 0 Å². The number of nitrogens with one attached hydrogen (secondary N) is 1. The highest BCUT2D eigenvalue weighted by molar-refractivity contribution is 6.32. The van der Waals surface area contributed by atoms with Gasteiger partial charge in [-0.15, -0.1) is 0 Å². The molecule has 1 aromatic carbocycles. The second-order valence-electron chi connectivity index (χ2n) is 4.14. The van der Waals surface area contributed by atoms with Crippen LogP contribution in [0.1, 0.15) is 11.3 Å². The molecule has 0 unspecified atom stereocenters. The lowest BCUT2D eigenvalue weighted by Crippen LogP contribution is -2.22. The van der Waals surface area contributed by atoms with E-state index in [1.165, 1.54) is 6.08 Å². The van der Waals surface area contributed by atoms with Gasteiger partial charge in [0.1, 0.15) is 0 Å². The lowest BCUT2D eigenvalue weighted by molar-refractivity contribution is -0.116. The van der Waals surface area contributed by atoms with E-state index in [-0.39, 0.29) is 5.91 Å². The number of halogens is 2. The standard InChI is InChI=1S/C14H13Cl2N3O/c1-19-13(12(16)8-18-19)9-17-14(20)7-6-10-4-2-3-5-11(10)15/h2-8H,9H2,1H3,(H,17,20)/b7-6+. The van der Waals surface area contributed by atoms with E-state index in [9.17, 15) is 4.79 Å². The van der Waals surface area contributed by atoms with Gasteiger partial charge in [0.2, 0.25) is 5.91 Å². The van der Waals surface area contributed by atoms with E-state index < -0.39 is 0 Å². The number of hydrogen-bond acceptors (Lipinski definition) is 2. The first-order valence-electron chi connectivity index (χ1n) is 5.94. The largest absolute Gasteiger partial charge is 0.347 e. The molecule has 0 atom stereocenters. The third kappa shape index (κ3) is 3.62. The summed E-state index contributed by atoms with van der Waals surface area (Å²) >= 11 is 11.9. The summed E-state index contributed by atoms with van der Waals surface area (Å²) in [5.41, 5.74) is 1.55. The van der Waals surface area contributed by atoms with Gasteiger partial charge in [0.15, 0.2) is 0 Å². The molecule has 104 valence electrons. The quantitative estimate of drug-likeness (QED) is 0.882. The molecule has 0 bridgehead atoms. The number of aryl methyl sites for hydroxylation is 1. The smallest absolute Gasteiger partial charge is 0.244 e. The minimum atomic E-state index is -0.220. The second kappa shape index (κ2) is 6.59. The van der Waals surface area contributed by atoms with Crippen LogP contribution in [0.2, 0.25) is 10.0 Å². The fraction of sp³-hybridized carbons (Fsp3) is 0.143. The summed E-state index contributed by atoms with van der Waals surface area (Å²) in [7, 11) is 1.77. The van der Waals surface area contributed by atoms with Gasteiger partial charge in [-0.3, -0.25) is 9.48 Å². The fourth-order valence-corrected chi connectivity index (χ4v) is 2.07. The average molecular weight is 310 g/mol. The number of aromatic nitrogens is 2. The Balaban J connectivity index is 1.95. The van der Waals surface area contributed by atoms with Crippen LogP contribution in [0.5, 0.6) is 0 Å². The van der Waals surface area contributed by atoms with Gasteiger partial charge in [0, 0.05) is 18.1 Å². The van der Waals surface area contributed by atoms with Crippen molar-refractivity contribution in [2.75, 3.05) is 0 Å². The zero-order valence-corrected chi connectivity index (χ0v) is 12.3. The monoisotopic (exact) mass is 309 g/mol. The van der Waals surface area contributed by atoms with Crippen LogP contribution >= 0.6 is 23.2 Å². The van der Waals surface area contributed by atoms with Crippen LogP contribution in [-0.4, -0.2) is 15.7 Å². The highest BCUT2D eigenvalue weighted by Crippen LogP contribution is 2.16. The molecule has 1 aromatic heterocycles. The number of carbonyl (C=O) groups is 1. The molecule has 6 heteroatoms. The number of rotatable bonds is 4. The molecule has 1 amide bonds. The molecular formula is C14H13Cl2N3O. The van der Waals surface area contributed by atoms with E-state index in [0.717, 1.165) is 11.3 Å². The summed E-state index contributed by atoms with van der Waals surface area (Å²) < 4.78 is 1.63. The van der Waals surface area contributed by atoms with Crippen molar-refractivity contribution in [1.82, 2.24) is 15.1 Å². The number of carbonyl (C=O) groups excluding carboxylic acids is 1. The van der Waals surface area contributed by atoms with Crippen LogP contribution in [0.15, 0.2) is 36.5 Å². The van der Waals surface area contributed by atoms with Gasteiger partial charge in [0.25, 0.3) is 0 Å². The van der Waals surface area contributed by atoms with Crippen LogP contribution in [0.4, 0.5) is 0 Å². The topological polar surface area (TPSA) is 46.9 Å². The van der Waals surface area contributed by atoms with Gasteiger partial charge in [-0.1, -0.05) is 41.4 Å². The van der Waals surface area contributed by atoms with E-state index in [2.05, 4.69) is 10.4 Å². The highest BCUT2D eigenvalue weighted by Gasteiger charge is 2.06. The Hall–Kier alpha value is -1.78. The van der Waals surface area contributed by atoms with Crippen molar-refractivity contribution in [3.63, 3.8) is 0 Å². The first-order valence-corrected chi connectivity index (χ1v) is 6.70. The molecular weight excluding hydrogens is 297 g/mol. The first kappa shape index (κ1) is 14.6. The molecule has 20 heavy (non-hydrogen) atoms. The van der Waals surface area contributed by atoms with E-state index in [0.29, 0.717) is 16.6 Å². The number of nitrogens with zero attached hydrogens (tertiary/aromatic N) is 2. The Bertz CT molecular complexity index is 630. The Morgan fingerprint density at radius 2 is 2.10 bits per heavy atom. The maximum atomic E-state index is 11.7. The van der Waals surface area contributed by atoms with E-state index >= 15 is 0 Å². The van der Waals surface area contributed by atoms with Gasteiger partial charge in [-0.05, 0) is 17.7 Å². The minimum Gasteiger partial charge on any atom is -0.347 e. The summed E-state index contributed by atoms with van der Waals surface area (Å²) in [5, 5.41) is 7.87. The van der Waals surface area contributed by atoms with Gasteiger partial charge >= 0.3 is 0 Å². The summed E-state index contributed by atoms with van der Waals surface area (Å²) in [4.78, 5) is 11.7. The van der Waals surface area contributed by atoms with E-state index in [1.54, 1.807) is 30.1 Å². The predicted octanol–water partition coefficient (Wildman–Crippen LogP) is 3.06. The van der Waals surface area contributed by atoms with Crippen molar-refractivity contribution in [1.29, 1.82) is 0 Å². The molecule has 1 heterocycles. The third-order valence-corrected chi connectivity index (χ3v) is 3.42. The number of hydrogen-bond donors (Lipinski definition) is 1.